The molecule has 3 heteroatoms. The molecule has 0 unspecified atom stereocenters. The van der Waals surface area contributed by atoms with Crippen LogP contribution in [0.4, 0.5) is 5.69 Å². The minimum absolute atomic E-state index is 0.444. The molecule has 0 amide bonds. The van der Waals surface area contributed by atoms with Gasteiger partial charge in [0, 0.05) is 18.2 Å². The zero-order valence-corrected chi connectivity index (χ0v) is 12.3. The summed E-state index contributed by atoms with van der Waals surface area (Å²) in [5, 5.41) is 0. The number of benzene rings is 1. The van der Waals surface area contributed by atoms with Gasteiger partial charge in [-0.1, -0.05) is 40.0 Å². The smallest absolute Gasteiger partial charge is 0.112 e. The van der Waals surface area contributed by atoms with Crippen molar-refractivity contribution in [2.45, 2.75) is 58.9 Å². The number of rotatable bonds is 6. The lowest BCUT2D eigenvalue weighted by atomic mass is 10.2. The predicted molar refractivity (Wildman–Crippen MR) is 82.4 cm³/mol. The van der Waals surface area contributed by atoms with E-state index in [9.17, 15) is 0 Å². The summed E-state index contributed by atoms with van der Waals surface area (Å²) < 4.78 is 2.37. The van der Waals surface area contributed by atoms with Crippen molar-refractivity contribution < 1.29 is 0 Å². The van der Waals surface area contributed by atoms with Crippen LogP contribution in [0.25, 0.3) is 11.0 Å². The predicted octanol–water partition coefficient (Wildman–Crippen LogP) is 4.32. The number of nitrogens with zero attached hydrogens (tertiary/aromatic N) is 2. The maximum absolute atomic E-state index is 5.85. The Morgan fingerprint density at radius 1 is 1.21 bits per heavy atom. The van der Waals surface area contributed by atoms with E-state index < -0.39 is 0 Å². The average molecular weight is 259 g/mol. The molecule has 0 radical (unpaired) electrons. The summed E-state index contributed by atoms with van der Waals surface area (Å²) in [7, 11) is 0. The number of anilines is 1. The topological polar surface area (TPSA) is 43.8 Å². The van der Waals surface area contributed by atoms with Crippen LogP contribution in [0.2, 0.25) is 0 Å². The van der Waals surface area contributed by atoms with Gasteiger partial charge < -0.3 is 10.3 Å². The van der Waals surface area contributed by atoms with Gasteiger partial charge in [0.25, 0.3) is 0 Å². The Kier molecular flexibility index (Phi) is 4.46. The molecule has 0 bridgehead atoms. The Morgan fingerprint density at radius 2 is 2.00 bits per heavy atom. The number of unbranched alkanes of at least 4 members (excludes halogenated alkanes) is 3. The van der Waals surface area contributed by atoms with E-state index in [2.05, 4.69) is 31.4 Å². The Balaban J connectivity index is 2.30. The van der Waals surface area contributed by atoms with E-state index in [0.717, 1.165) is 17.7 Å². The number of nitrogens with two attached hydrogens (primary N) is 1. The summed E-state index contributed by atoms with van der Waals surface area (Å²) >= 11 is 0. The van der Waals surface area contributed by atoms with E-state index in [-0.39, 0.29) is 0 Å². The Labute approximate surface area is 115 Å². The molecule has 1 aromatic carbocycles. The fourth-order valence-electron chi connectivity index (χ4n) is 2.54. The highest BCUT2D eigenvalue weighted by molar-refractivity contribution is 5.79. The third kappa shape index (κ3) is 3.09. The van der Waals surface area contributed by atoms with Crippen LogP contribution < -0.4 is 5.73 Å². The molecule has 0 saturated carbocycles. The molecule has 0 saturated heterocycles. The van der Waals surface area contributed by atoms with Gasteiger partial charge in [0.2, 0.25) is 0 Å². The number of aromatic nitrogens is 2. The fraction of sp³-hybridized carbons (Fsp3) is 0.562. The number of hydrogen-bond acceptors (Lipinski definition) is 2. The first-order chi connectivity index (χ1) is 9.13. The van der Waals surface area contributed by atoms with E-state index in [4.69, 9.17) is 10.7 Å². The van der Waals surface area contributed by atoms with Gasteiger partial charge in [-0.15, -0.1) is 0 Å². The number of imidazole rings is 1. The van der Waals surface area contributed by atoms with E-state index in [0.29, 0.717) is 5.92 Å². The first kappa shape index (κ1) is 13.9. The van der Waals surface area contributed by atoms with E-state index in [1.807, 2.05) is 12.1 Å². The quantitative estimate of drug-likeness (QED) is 0.620. The van der Waals surface area contributed by atoms with Crippen molar-refractivity contribution in [3.8, 4) is 0 Å². The molecule has 2 aromatic rings. The maximum Gasteiger partial charge on any atom is 0.112 e. The molecule has 1 heterocycles. The van der Waals surface area contributed by atoms with Crippen LogP contribution in [0.5, 0.6) is 0 Å². The second kappa shape index (κ2) is 6.09. The summed E-state index contributed by atoms with van der Waals surface area (Å²) in [6.45, 7) is 7.71. The lowest BCUT2D eigenvalue weighted by Gasteiger charge is -2.11. The monoisotopic (exact) mass is 259 g/mol. The highest BCUT2D eigenvalue weighted by atomic mass is 15.1. The van der Waals surface area contributed by atoms with Crippen molar-refractivity contribution in [1.29, 1.82) is 0 Å². The number of aryl methyl sites for hydroxylation is 1. The molecule has 104 valence electrons. The molecular formula is C16H25N3. The standard InChI is InChI=1S/C16H25N3/c1-4-5-6-7-10-19-15-9-8-13(17)11-14(15)18-16(19)12(2)3/h8-9,11-12H,4-7,10,17H2,1-3H3. The van der Waals surface area contributed by atoms with Crippen molar-refractivity contribution >= 4 is 16.7 Å². The molecule has 0 fully saturated rings. The van der Waals surface area contributed by atoms with Gasteiger partial charge in [-0.05, 0) is 24.6 Å². The number of fused-ring (bicyclic) bond motifs is 1. The van der Waals surface area contributed by atoms with Crippen LogP contribution >= 0.6 is 0 Å². The molecule has 1 aromatic heterocycles. The minimum Gasteiger partial charge on any atom is -0.399 e. The lowest BCUT2D eigenvalue weighted by molar-refractivity contribution is 0.562. The normalized spacial score (nSPS) is 11.6. The SMILES string of the molecule is CCCCCCn1c(C(C)C)nc2cc(N)ccc21. The fourth-order valence-corrected chi connectivity index (χ4v) is 2.54. The van der Waals surface area contributed by atoms with Crippen molar-refractivity contribution in [1.82, 2.24) is 9.55 Å². The summed E-state index contributed by atoms with van der Waals surface area (Å²) in [4.78, 5) is 4.75. The maximum atomic E-state index is 5.85. The summed E-state index contributed by atoms with van der Waals surface area (Å²) in [5.74, 6) is 1.62. The minimum atomic E-state index is 0.444. The highest BCUT2D eigenvalue weighted by Gasteiger charge is 2.13. The van der Waals surface area contributed by atoms with Crippen molar-refractivity contribution in [3.05, 3.63) is 24.0 Å². The molecule has 0 aliphatic rings. The van der Waals surface area contributed by atoms with E-state index in [1.165, 1.54) is 37.0 Å². The molecule has 0 aliphatic heterocycles. The van der Waals surface area contributed by atoms with Gasteiger partial charge in [0.15, 0.2) is 0 Å². The van der Waals surface area contributed by atoms with Gasteiger partial charge in [0.05, 0.1) is 11.0 Å². The molecule has 2 rings (SSSR count). The van der Waals surface area contributed by atoms with Crippen molar-refractivity contribution in [3.63, 3.8) is 0 Å². The third-order valence-corrected chi connectivity index (χ3v) is 3.55. The Hall–Kier alpha value is -1.51. The van der Waals surface area contributed by atoms with Crippen LogP contribution in [0.15, 0.2) is 18.2 Å². The van der Waals surface area contributed by atoms with Gasteiger partial charge in [-0.2, -0.15) is 0 Å². The molecule has 0 atom stereocenters. The number of hydrogen-bond donors (Lipinski definition) is 1. The summed E-state index contributed by atoms with van der Waals surface area (Å²) in [5.41, 5.74) is 8.88. The first-order valence-electron chi connectivity index (χ1n) is 7.39. The molecule has 2 N–H and O–H groups in total. The van der Waals surface area contributed by atoms with Crippen molar-refractivity contribution in [2.24, 2.45) is 0 Å². The summed E-state index contributed by atoms with van der Waals surface area (Å²) in [6.07, 6.45) is 5.11. The van der Waals surface area contributed by atoms with Gasteiger partial charge in [-0.25, -0.2) is 4.98 Å². The lowest BCUT2D eigenvalue weighted by Crippen LogP contribution is -2.05. The highest BCUT2D eigenvalue weighted by Crippen LogP contribution is 2.24. The van der Waals surface area contributed by atoms with Gasteiger partial charge >= 0.3 is 0 Å². The van der Waals surface area contributed by atoms with Crippen molar-refractivity contribution in [2.75, 3.05) is 5.73 Å². The molecule has 19 heavy (non-hydrogen) atoms. The molecule has 3 nitrogen and oxygen atoms in total. The number of nitrogen functional groups attached to an aromatic ring is 1. The zero-order valence-electron chi connectivity index (χ0n) is 12.3. The van der Waals surface area contributed by atoms with Crippen LogP contribution in [0, 0.1) is 0 Å². The van der Waals surface area contributed by atoms with Gasteiger partial charge in [-0.3, -0.25) is 0 Å². The second-order valence-electron chi connectivity index (χ2n) is 5.59. The largest absolute Gasteiger partial charge is 0.399 e. The zero-order chi connectivity index (χ0) is 13.8. The molecule has 0 spiro atoms. The van der Waals surface area contributed by atoms with Crippen LogP contribution in [0.3, 0.4) is 0 Å². The van der Waals surface area contributed by atoms with Crippen LogP contribution in [-0.4, -0.2) is 9.55 Å². The Morgan fingerprint density at radius 3 is 2.68 bits per heavy atom. The van der Waals surface area contributed by atoms with Crippen LogP contribution in [0.1, 0.15) is 58.2 Å². The molecule has 0 aliphatic carbocycles. The van der Waals surface area contributed by atoms with E-state index >= 15 is 0 Å². The molecular weight excluding hydrogens is 234 g/mol. The van der Waals surface area contributed by atoms with Gasteiger partial charge in [0.1, 0.15) is 5.82 Å². The third-order valence-electron chi connectivity index (χ3n) is 3.55. The van der Waals surface area contributed by atoms with Crippen LogP contribution in [-0.2, 0) is 6.54 Å². The Bertz CT molecular complexity index is 540. The second-order valence-corrected chi connectivity index (χ2v) is 5.59. The summed E-state index contributed by atoms with van der Waals surface area (Å²) in [6, 6.07) is 6.05. The van der Waals surface area contributed by atoms with E-state index in [1.54, 1.807) is 0 Å². The average Bonchev–Trinajstić information content (AvgIpc) is 2.72. The first-order valence-corrected chi connectivity index (χ1v) is 7.39.